The molecule has 146 valence electrons. The summed E-state index contributed by atoms with van der Waals surface area (Å²) in [5.74, 6) is -0.204. The number of para-hydroxylation sites is 1. The topological polar surface area (TPSA) is 59.4 Å². The molecule has 4 rings (SSSR count). The first-order valence-electron chi connectivity index (χ1n) is 9.51. The highest BCUT2D eigenvalue weighted by molar-refractivity contribution is 6.30. The molecule has 29 heavy (non-hydrogen) atoms. The third-order valence-electron chi connectivity index (χ3n) is 5.02. The van der Waals surface area contributed by atoms with E-state index in [1.54, 1.807) is 6.07 Å². The second kappa shape index (κ2) is 8.50. The fraction of sp³-hybridized carbons (Fsp3) is 0.167. The van der Waals surface area contributed by atoms with Crippen molar-refractivity contribution in [3.05, 3.63) is 94.3 Å². The second-order valence-corrected chi connectivity index (χ2v) is 7.37. The largest absolute Gasteiger partial charge is 0.488 e. The van der Waals surface area contributed by atoms with Crippen molar-refractivity contribution in [2.45, 2.75) is 25.9 Å². The average molecular weight is 406 g/mol. The lowest BCUT2D eigenvalue weighted by Gasteiger charge is -2.14. The molecule has 1 N–H and O–H groups in total. The SMILES string of the molecule is O=C(O)c1cccc(C2=C(c3ccccc3OCc3ccc(Cl)cc3)CCC2)n1. The van der Waals surface area contributed by atoms with Crippen LogP contribution < -0.4 is 4.74 Å². The maximum atomic E-state index is 11.3. The quantitative estimate of drug-likeness (QED) is 0.537. The number of aromatic nitrogens is 1. The molecule has 0 fully saturated rings. The Balaban J connectivity index is 1.66. The Hall–Kier alpha value is -3.11. The van der Waals surface area contributed by atoms with E-state index in [1.165, 1.54) is 11.6 Å². The third kappa shape index (κ3) is 4.33. The molecule has 5 heteroatoms. The van der Waals surface area contributed by atoms with Crippen molar-refractivity contribution in [3.8, 4) is 5.75 Å². The standard InChI is InChI=1S/C24H20ClNO3/c25-17-13-11-16(12-14-17)15-29-23-10-2-1-5-20(23)18-6-3-7-19(18)21-8-4-9-22(26-21)24(27)28/h1-2,4-5,8-14H,3,6-7,15H2,(H,27,28). The first kappa shape index (κ1) is 19.2. The van der Waals surface area contributed by atoms with Gasteiger partial charge in [-0.1, -0.05) is 48.0 Å². The molecule has 0 radical (unpaired) electrons. The second-order valence-electron chi connectivity index (χ2n) is 6.94. The lowest BCUT2D eigenvalue weighted by molar-refractivity contribution is 0.0690. The molecule has 0 atom stereocenters. The minimum atomic E-state index is -1.02. The van der Waals surface area contributed by atoms with Gasteiger partial charge in [0.15, 0.2) is 0 Å². The minimum absolute atomic E-state index is 0.0634. The molecular weight excluding hydrogens is 386 g/mol. The average Bonchev–Trinajstić information content (AvgIpc) is 3.23. The van der Waals surface area contributed by atoms with Crippen molar-refractivity contribution in [2.75, 3.05) is 0 Å². The molecule has 1 aliphatic carbocycles. The van der Waals surface area contributed by atoms with Gasteiger partial charge < -0.3 is 9.84 Å². The van der Waals surface area contributed by atoms with Crippen LogP contribution >= 0.6 is 11.6 Å². The van der Waals surface area contributed by atoms with E-state index in [1.807, 2.05) is 48.5 Å². The summed E-state index contributed by atoms with van der Waals surface area (Å²) in [6.07, 6.45) is 2.79. The summed E-state index contributed by atoms with van der Waals surface area (Å²) >= 11 is 5.96. The Morgan fingerprint density at radius 2 is 1.72 bits per heavy atom. The highest BCUT2D eigenvalue weighted by Crippen LogP contribution is 2.42. The number of carbonyl (C=O) groups is 1. The maximum absolute atomic E-state index is 11.3. The van der Waals surface area contributed by atoms with E-state index in [0.717, 1.165) is 47.4 Å². The van der Waals surface area contributed by atoms with Crippen LogP contribution in [0.3, 0.4) is 0 Å². The molecule has 1 aromatic heterocycles. The zero-order chi connectivity index (χ0) is 20.2. The van der Waals surface area contributed by atoms with Crippen LogP contribution in [0, 0.1) is 0 Å². The Morgan fingerprint density at radius 3 is 2.52 bits per heavy atom. The lowest BCUT2D eigenvalue weighted by atomic mass is 9.99. The molecule has 1 heterocycles. The van der Waals surface area contributed by atoms with E-state index in [9.17, 15) is 9.90 Å². The molecule has 2 aromatic carbocycles. The van der Waals surface area contributed by atoms with Gasteiger partial charge in [-0.05, 0) is 66.3 Å². The van der Waals surface area contributed by atoms with E-state index in [0.29, 0.717) is 11.6 Å². The Bertz CT molecular complexity index is 1070. The minimum Gasteiger partial charge on any atom is -0.488 e. The first-order valence-corrected chi connectivity index (χ1v) is 9.89. The highest BCUT2D eigenvalue weighted by atomic mass is 35.5. The van der Waals surface area contributed by atoms with E-state index < -0.39 is 5.97 Å². The normalized spacial score (nSPS) is 13.6. The maximum Gasteiger partial charge on any atom is 0.354 e. The number of halogens is 1. The van der Waals surface area contributed by atoms with Crippen molar-refractivity contribution < 1.29 is 14.6 Å². The molecule has 4 nitrogen and oxygen atoms in total. The highest BCUT2D eigenvalue weighted by Gasteiger charge is 2.22. The summed E-state index contributed by atoms with van der Waals surface area (Å²) in [5, 5.41) is 9.97. The molecule has 0 aliphatic heterocycles. The fourth-order valence-electron chi connectivity index (χ4n) is 3.63. The summed E-state index contributed by atoms with van der Waals surface area (Å²) in [7, 11) is 0. The zero-order valence-corrected chi connectivity index (χ0v) is 16.5. The van der Waals surface area contributed by atoms with E-state index in [4.69, 9.17) is 16.3 Å². The smallest absolute Gasteiger partial charge is 0.354 e. The number of carboxylic acid groups (broad SMARTS) is 1. The van der Waals surface area contributed by atoms with Crippen molar-refractivity contribution >= 4 is 28.7 Å². The van der Waals surface area contributed by atoms with Gasteiger partial charge in [0.1, 0.15) is 18.1 Å². The van der Waals surface area contributed by atoms with Crippen LogP contribution in [-0.2, 0) is 6.61 Å². The number of hydrogen-bond acceptors (Lipinski definition) is 3. The third-order valence-corrected chi connectivity index (χ3v) is 5.27. The van der Waals surface area contributed by atoms with Crippen molar-refractivity contribution in [3.63, 3.8) is 0 Å². The number of nitrogens with zero attached hydrogens (tertiary/aromatic N) is 1. The zero-order valence-electron chi connectivity index (χ0n) is 15.8. The molecular formula is C24H20ClNO3. The van der Waals surface area contributed by atoms with Gasteiger partial charge in [-0.2, -0.15) is 0 Å². The predicted octanol–water partition coefficient (Wildman–Crippen LogP) is 6.11. The summed E-state index contributed by atoms with van der Waals surface area (Å²) in [6.45, 7) is 0.448. The Labute approximate surface area is 174 Å². The van der Waals surface area contributed by atoms with Gasteiger partial charge in [0.25, 0.3) is 0 Å². The number of ether oxygens (including phenoxy) is 1. The van der Waals surface area contributed by atoms with Gasteiger partial charge >= 0.3 is 5.97 Å². The van der Waals surface area contributed by atoms with E-state index in [2.05, 4.69) is 11.1 Å². The first-order chi connectivity index (χ1) is 14.1. The van der Waals surface area contributed by atoms with E-state index in [-0.39, 0.29) is 5.69 Å². The number of carboxylic acids is 1. The van der Waals surface area contributed by atoms with E-state index >= 15 is 0 Å². The molecule has 0 amide bonds. The summed E-state index contributed by atoms with van der Waals surface area (Å²) in [5.41, 5.74) is 5.14. The van der Waals surface area contributed by atoms with Crippen molar-refractivity contribution in [1.29, 1.82) is 0 Å². The van der Waals surface area contributed by atoms with Gasteiger partial charge in [0.05, 0.1) is 5.69 Å². The Morgan fingerprint density at radius 1 is 0.966 bits per heavy atom. The molecule has 0 unspecified atom stereocenters. The number of benzene rings is 2. The van der Waals surface area contributed by atoms with Gasteiger partial charge in [0, 0.05) is 10.6 Å². The number of pyridine rings is 1. The van der Waals surface area contributed by atoms with Crippen LogP contribution in [0.15, 0.2) is 66.7 Å². The number of allylic oxidation sites excluding steroid dienone is 2. The predicted molar refractivity (Wildman–Crippen MR) is 114 cm³/mol. The van der Waals surface area contributed by atoms with Crippen LogP contribution in [0.25, 0.3) is 11.1 Å². The van der Waals surface area contributed by atoms with Crippen LogP contribution in [0.4, 0.5) is 0 Å². The summed E-state index contributed by atoms with van der Waals surface area (Å²) < 4.78 is 6.13. The van der Waals surface area contributed by atoms with Crippen LogP contribution in [0.1, 0.15) is 46.6 Å². The van der Waals surface area contributed by atoms with Gasteiger partial charge in [-0.25, -0.2) is 9.78 Å². The Kier molecular flexibility index (Phi) is 5.63. The molecule has 1 aliphatic rings. The van der Waals surface area contributed by atoms with Crippen LogP contribution in [0.5, 0.6) is 5.75 Å². The summed E-state index contributed by atoms with van der Waals surface area (Å²) in [6, 6.07) is 20.7. The monoisotopic (exact) mass is 405 g/mol. The number of rotatable bonds is 6. The van der Waals surface area contributed by atoms with Crippen molar-refractivity contribution in [2.24, 2.45) is 0 Å². The van der Waals surface area contributed by atoms with Gasteiger partial charge in [-0.15, -0.1) is 0 Å². The van der Waals surface area contributed by atoms with Crippen LogP contribution in [0.2, 0.25) is 5.02 Å². The van der Waals surface area contributed by atoms with Crippen molar-refractivity contribution in [1.82, 2.24) is 4.98 Å². The number of aromatic carboxylic acids is 1. The van der Waals surface area contributed by atoms with Gasteiger partial charge in [-0.3, -0.25) is 0 Å². The molecule has 3 aromatic rings. The molecule has 0 bridgehead atoms. The lowest BCUT2D eigenvalue weighted by Crippen LogP contribution is -2.02. The van der Waals surface area contributed by atoms with Crippen LogP contribution in [-0.4, -0.2) is 16.1 Å². The molecule has 0 saturated heterocycles. The summed E-state index contributed by atoms with van der Waals surface area (Å²) in [4.78, 5) is 15.7. The molecule has 0 saturated carbocycles. The molecule has 0 spiro atoms. The van der Waals surface area contributed by atoms with Gasteiger partial charge in [0.2, 0.25) is 0 Å². The number of hydrogen-bond donors (Lipinski definition) is 1. The fourth-order valence-corrected chi connectivity index (χ4v) is 3.76.